The van der Waals surface area contributed by atoms with Crippen LogP contribution in [0, 0.1) is 0 Å². The molecule has 24 heavy (non-hydrogen) atoms. The second kappa shape index (κ2) is 7.51. The summed E-state index contributed by atoms with van der Waals surface area (Å²) in [4.78, 5) is 2.25. The van der Waals surface area contributed by atoms with Crippen LogP contribution in [0.25, 0.3) is 0 Å². The summed E-state index contributed by atoms with van der Waals surface area (Å²) in [6.45, 7) is 8.96. The van der Waals surface area contributed by atoms with E-state index >= 15 is 0 Å². The predicted molar refractivity (Wildman–Crippen MR) is 91.8 cm³/mol. The number of rotatable bonds is 5. The highest BCUT2D eigenvalue weighted by Gasteiger charge is 2.32. The zero-order valence-corrected chi connectivity index (χ0v) is 15.5. The summed E-state index contributed by atoms with van der Waals surface area (Å²) < 4.78 is 34.1. The lowest BCUT2D eigenvalue weighted by Crippen LogP contribution is -2.44. The Bertz CT molecular complexity index is 638. The highest BCUT2D eigenvalue weighted by Crippen LogP contribution is 2.20. The normalized spacial score (nSPS) is 22.3. The molecule has 0 N–H and O–H groups in total. The average Bonchev–Trinajstić information content (AvgIpc) is 3.17. The Hall–Kier alpha value is -0.960. The summed E-state index contributed by atoms with van der Waals surface area (Å²) in [6, 6.07) is 2.01. The van der Waals surface area contributed by atoms with Gasteiger partial charge in [-0.15, -0.1) is 0 Å². The van der Waals surface area contributed by atoms with E-state index in [9.17, 15) is 8.42 Å². The summed E-state index contributed by atoms with van der Waals surface area (Å²) >= 11 is 0. The van der Waals surface area contributed by atoms with E-state index < -0.39 is 10.2 Å². The van der Waals surface area contributed by atoms with Gasteiger partial charge in [-0.1, -0.05) is 19.0 Å². The van der Waals surface area contributed by atoms with E-state index in [0.29, 0.717) is 38.6 Å². The molecule has 1 aromatic heterocycles. The van der Waals surface area contributed by atoms with Crippen molar-refractivity contribution in [3.63, 3.8) is 0 Å². The Morgan fingerprint density at radius 2 is 1.71 bits per heavy atom. The van der Waals surface area contributed by atoms with Gasteiger partial charge in [0, 0.05) is 38.8 Å². The van der Waals surface area contributed by atoms with Gasteiger partial charge in [-0.2, -0.15) is 17.0 Å². The van der Waals surface area contributed by atoms with E-state index in [0.717, 1.165) is 43.8 Å². The van der Waals surface area contributed by atoms with Crippen LogP contribution in [0.4, 0.5) is 0 Å². The minimum absolute atomic E-state index is 0.354. The SMILES string of the molecule is CC(C)c1cc(CN2CCCN(S(=O)(=O)N3CCCC3)CC2)on1. The minimum atomic E-state index is -3.28. The van der Waals surface area contributed by atoms with Crippen molar-refractivity contribution in [3.05, 3.63) is 17.5 Å². The maximum atomic E-state index is 12.7. The lowest BCUT2D eigenvalue weighted by molar-refractivity contribution is 0.239. The Balaban J connectivity index is 1.58. The van der Waals surface area contributed by atoms with E-state index in [-0.39, 0.29) is 0 Å². The van der Waals surface area contributed by atoms with Crippen molar-refractivity contribution in [1.29, 1.82) is 0 Å². The van der Waals surface area contributed by atoms with Crippen molar-refractivity contribution >= 4 is 10.2 Å². The molecule has 3 rings (SSSR count). The fourth-order valence-corrected chi connectivity index (χ4v) is 5.03. The molecule has 2 fully saturated rings. The molecule has 0 atom stereocenters. The molecule has 0 aromatic carbocycles. The van der Waals surface area contributed by atoms with Crippen LogP contribution in [-0.4, -0.2) is 66.4 Å². The molecule has 7 nitrogen and oxygen atoms in total. The monoisotopic (exact) mass is 356 g/mol. The topological polar surface area (TPSA) is 69.9 Å². The maximum Gasteiger partial charge on any atom is 0.282 e. The number of hydrogen-bond acceptors (Lipinski definition) is 5. The quantitative estimate of drug-likeness (QED) is 0.802. The summed E-state index contributed by atoms with van der Waals surface area (Å²) in [5, 5.41) is 4.10. The lowest BCUT2D eigenvalue weighted by Gasteiger charge is -2.26. The Kier molecular flexibility index (Phi) is 5.59. The van der Waals surface area contributed by atoms with E-state index in [4.69, 9.17) is 4.52 Å². The van der Waals surface area contributed by atoms with Gasteiger partial charge in [0.2, 0.25) is 0 Å². The first-order chi connectivity index (χ1) is 11.5. The first kappa shape index (κ1) is 17.8. The highest BCUT2D eigenvalue weighted by atomic mass is 32.2. The first-order valence-corrected chi connectivity index (χ1v) is 10.3. The molecular formula is C16H28N4O3S. The fourth-order valence-electron chi connectivity index (χ4n) is 3.31. The third-order valence-corrected chi connectivity index (χ3v) is 6.85. The first-order valence-electron chi connectivity index (χ1n) is 8.90. The molecule has 3 heterocycles. The third kappa shape index (κ3) is 3.99. The molecule has 136 valence electrons. The molecule has 1 aromatic rings. The van der Waals surface area contributed by atoms with E-state index in [1.165, 1.54) is 0 Å². The zero-order valence-electron chi connectivity index (χ0n) is 14.6. The zero-order chi connectivity index (χ0) is 17.2. The van der Waals surface area contributed by atoms with Crippen molar-refractivity contribution in [2.75, 3.05) is 39.3 Å². The lowest BCUT2D eigenvalue weighted by atomic mass is 10.1. The van der Waals surface area contributed by atoms with Crippen molar-refractivity contribution < 1.29 is 12.9 Å². The summed E-state index contributed by atoms with van der Waals surface area (Å²) in [5.74, 6) is 1.21. The van der Waals surface area contributed by atoms with Gasteiger partial charge in [-0.25, -0.2) is 0 Å². The molecule has 0 spiro atoms. The van der Waals surface area contributed by atoms with Crippen LogP contribution < -0.4 is 0 Å². The van der Waals surface area contributed by atoms with E-state index in [1.54, 1.807) is 8.61 Å². The smallest absolute Gasteiger partial charge is 0.282 e. The van der Waals surface area contributed by atoms with Crippen LogP contribution in [0.3, 0.4) is 0 Å². The van der Waals surface area contributed by atoms with Gasteiger partial charge in [0.15, 0.2) is 5.76 Å². The molecule has 2 aliphatic rings. The van der Waals surface area contributed by atoms with Crippen LogP contribution in [0.1, 0.15) is 50.5 Å². The Labute approximate surface area is 144 Å². The molecular weight excluding hydrogens is 328 g/mol. The van der Waals surface area contributed by atoms with Gasteiger partial charge in [0.25, 0.3) is 10.2 Å². The summed E-state index contributed by atoms with van der Waals surface area (Å²) in [5.41, 5.74) is 0.970. The Morgan fingerprint density at radius 3 is 2.38 bits per heavy atom. The fraction of sp³-hybridized carbons (Fsp3) is 0.812. The molecule has 0 amide bonds. The number of nitrogens with zero attached hydrogens (tertiary/aromatic N) is 4. The molecule has 0 saturated carbocycles. The maximum absolute atomic E-state index is 12.7. The predicted octanol–water partition coefficient (Wildman–Crippen LogP) is 1.65. The molecule has 8 heteroatoms. The second-order valence-corrected chi connectivity index (χ2v) is 8.94. The van der Waals surface area contributed by atoms with Crippen LogP contribution in [0.5, 0.6) is 0 Å². The van der Waals surface area contributed by atoms with Crippen LogP contribution >= 0.6 is 0 Å². The van der Waals surface area contributed by atoms with Crippen molar-refractivity contribution in [2.24, 2.45) is 0 Å². The second-order valence-electron chi connectivity index (χ2n) is 7.02. The van der Waals surface area contributed by atoms with Crippen LogP contribution in [0.15, 0.2) is 10.6 Å². The molecule has 2 aliphatic heterocycles. The minimum Gasteiger partial charge on any atom is -0.360 e. The standard InChI is InChI=1S/C16H28N4O3S/c1-14(2)16-12-15(23-17-16)13-18-6-5-9-20(11-10-18)24(21,22)19-7-3-4-8-19/h12,14H,3-11,13H2,1-2H3. The van der Waals surface area contributed by atoms with Crippen LogP contribution in [-0.2, 0) is 16.8 Å². The largest absolute Gasteiger partial charge is 0.360 e. The van der Waals surface area contributed by atoms with Crippen LogP contribution in [0.2, 0.25) is 0 Å². The van der Waals surface area contributed by atoms with E-state index in [1.807, 2.05) is 6.07 Å². The van der Waals surface area contributed by atoms with Gasteiger partial charge in [0.1, 0.15) is 0 Å². The molecule has 2 saturated heterocycles. The van der Waals surface area contributed by atoms with Gasteiger partial charge in [-0.05, 0) is 31.7 Å². The van der Waals surface area contributed by atoms with Gasteiger partial charge in [0.05, 0.1) is 12.2 Å². The van der Waals surface area contributed by atoms with Gasteiger partial charge in [-0.3, -0.25) is 4.90 Å². The van der Waals surface area contributed by atoms with Gasteiger partial charge >= 0.3 is 0 Å². The number of hydrogen-bond donors (Lipinski definition) is 0. The van der Waals surface area contributed by atoms with E-state index in [2.05, 4.69) is 23.9 Å². The molecule has 0 bridgehead atoms. The van der Waals surface area contributed by atoms with Crippen molar-refractivity contribution in [1.82, 2.24) is 18.7 Å². The van der Waals surface area contributed by atoms with Crippen molar-refractivity contribution in [3.8, 4) is 0 Å². The average molecular weight is 356 g/mol. The molecule has 0 radical (unpaired) electrons. The van der Waals surface area contributed by atoms with Crippen molar-refractivity contribution in [2.45, 2.75) is 45.6 Å². The van der Waals surface area contributed by atoms with Gasteiger partial charge < -0.3 is 4.52 Å². The molecule has 0 aliphatic carbocycles. The number of aromatic nitrogens is 1. The third-order valence-electron chi connectivity index (χ3n) is 4.81. The molecule has 0 unspecified atom stereocenters. The summed E-state index contributed by atoms with van der Waals surface area (Å²) in [6.07, 6.45) is 2.80. The highest BCUT2D eigenvalue weighted by molar-refractivity contribution is 7.86. The summed E-state index contributed by atoms with van der Waals surface area (Å²) in [7, 11) is -3.28. The Morgan fingerprint density at radius 1 is 1.04 bits per heavy atom.